The van der Waals surface area contributed by atoms with Crippen molar-refractivity contribution in [3.05, 3.63) is 161 Å². The highest BCUT2D eigenvalue weighted by atomic mass is 15.2. The third-order valence-electron chi connectivity index (χ3n) is 10.9. The number of benzene rings is 5. The van der Waals surface area contributed by atoms with Gasteiger partial charge in [-0.2, -0.15) is 0 Å². The van der Waals surface area contributed by atoms with Crippen molar-refractivity contribution in [2.45, 2.75) is 52.4 Å². The van der Waals surface area contributed by atoms with Crippen LogP contribution in [0, 0.1) is 5.41 Å². The van der Waals surface area contributed by atoms with Gasteiger partial charge in [0.15, 0.2) is 0 Å². The Morgan fingerprint density at radius 3 is 2.15 bits per heavy atom. The van der Waals surface area contributed by atoms with Gasteiger partial charge < -0.3 is 4.90 Å². The SMILES string of the molecule is CC1(C)C2=C(CCC=C2)C2=C1CCC(N(C1=CC=CCC1)c1cc3cc(-c4ccccc4)c4ccccc4c3c3ccccc13)=C2. The molecule has 0 atom stereocenters. The summed E-state index contributed by atoms with van der Waals surface area (Å²) in [5.41, 5.74) is 13.1. The number of anilines is 1. The lowest BCUT2D eigenvalue weighted by Gasteiger charge is -2.36. The monoisotopic (exact) mass is 593 g/mol. The minimum absolute atomic E-state index is 0.117. The Kier molecular flexibility index (Phi) is 6.32. The fourth-order valence-electron chi connectivity index (χ4n) is 8.77. The molecule has 5 aromatic rings. The molecule has 0 amide bonds. The van der Waals surface area contributed by atoms with E-state index in [1.807, 2.05) is 0 Å². The summed E-state index contributed by atoms with van der Waals surface area (Å²) in [5, 5.41) is 7.90. The number of hydrogen-bond donors (Lipinski definition) is 0. The lowest BCUT2D eigenvalue weighted by atomic mass is 9.76. The molecule has 5 aromatic carbocycles. The van der Waals surface area contributed by atoms with E-state index in [0.717, 1.165) is 38.5 Å². The summed E-state index contributed by atoms with van der Waals surface area (Å²) in [5.74, 6) is 0. The molecule has 0 bridgehead atoms. The minimum Gasteiger partial charge on any atom is -0.317 e. The molecule has 0 aromatic heterocycles. The van der Waals surface area contributed by atoms with Gasteiger partial charge in [0, 0.05) is 22.2 Å². The van der Waals surface area contributed by atoms with Gasteiger partial charge in [-0.3, -0.25) is 0 Å². The first-order valence-electron chi connectivity index (χ1n) is 17.0. The topological polar surface area (TPSA) is 3.24 Å². The van der Waals surface area contributed by atoms with Crippen LogP contribution in [0.5, 0.6) is 0 Å². The molecular weight excluding hydrogens is 555 g/mol. The van der Waals surface area contributed by atoms with Crippen LogP contribution in [0.4, 0.5) is 5.69 Å². The number of nitrogens with zero attached hydrogens (tertiary/aromatic N) is 1. The van der Waals surface area contributed by atoms with Gasteiger partial charge in [0.05, 0.1) is 5.69 Å². The van der Waals surface area contributed by atoms with Crippen molar-refractivity contribution in [2.75, 3.05) is 4.90 Å². The average Bonchev–Trinajstić information content (AvgIpc) is 3.34. The van der Waals surface area contributed by atoms with Crippen LogP contribution in [-0.4, -0.2) is 0 Å². The second-order valence-electron chi connectivity index (χ2n) is 13.8. The fourth-order valence-corrected chi connectivity index (χ4v) is 8.77. The maximum atomic E-state index is 2.65. The highest BCUT2D eigenvalue weighted by molar-refractivity contribution is 6.25. The lowest BCUT2D eigenvalue weighted by Crippen LogP contribution is -2.25. The Hall–Kier alpha value is -4.88. The Balaban J connectivity index is 1.33. The van der Waals surface area contributed by atoms with Crippen molar-refractivity contribution in [1.29, 1.82) is 0 Å². The van der Waals surface area contributed by atoms with Crippen molar-refractivity contribution < 1.29 is 0 Å². The largest absolute Gasteiger partial charge is 0.317 e. The summed E-state index contributed by atoms with van der Waals surface area (Å²) in [6.45, 7) is 4.88. The summed E-state index contributed by atoms with van der Waals surface area (Å²) in [7, 11) is 0. The quantitative estimate of drug-likeness (QED) is 0.187. The van der Waals surface area contributed by atoms with Gasteiger partial charge in [0.25, 0.3) is 0 Å². The van der Waals surface area contributed by atoms with Crippen LogP contribution in [0.2, 0.25) is 0 Å². The maximum Gasteiger partial charge on any atom is 0.0539 e. The van der Waals surface area contributed by atoms with Gasteiger partial charge in [-0.05, 0) is 118 Å². The zero-order chi connectivity index (χ0) is 30.8. The van der Waals surface area contributed by atoms with E-state index in [0.29, 0.717) is 0 Å². The highest BCUT2D eigenvalue weighted by Crippen LogP contribution is 2.55. The van der Waals surface area contributed by atoms with E-state index in [-0.39, 0.29) is 5.41 Å². The molecule has 0 N–H and O–H groups in total. The molecule has 46 heavy (non-hydrogen) atoms. The second-order valence-corrected chi connectivity index (χ2v) is 13.8. The summed E-state index contributed by atoms with van der Waals surface area (Å²) in [6.07, 6.45) is 20.9. The first kappa shape index (κ1) is 27.4. The molecule has 0 unspecified atom stereocenters. The van der Waals surface area contributed by atoms with Crippen LogP contribution < -0.4 is 4.90 Å². The molecule has 4 aliphatic carbocycles. The number of allylic oxidation sites excluding steroid dienone is 12. The van der Waals surface area contributed by atoms with Gasteiger partial charge in [0.1, 0.15) is 0 Å². The van der Waals surface area contributed by atoms with Crippen LogP contribution in [0.3, 0.4) is 0 Å². The van der Waals surface area contributed by atoms with Crippen LogP contribution in [0.1, 0.15) is 52.4 Å². The zero-order valence-corrected chi connectivity index (χ0v) is 26.8. The van der Waals surface area contributed by atoms with Crippen LogP contribution in [0.25, 0.3) is 43.4 Å². The van der Waals surface area contributed by atoms with Crippen molar-refractivity contribution in [3.8, 4) is 11.1 Å². The predicted molar refractivity (Wildman–Crippen MR) is 197 cm³/mol. The van der Waals surface area contributed by atoms with E-state index >= 15 is 0 Å². The van der Waals surface area contributed by atoms with Gasteiger partial charge in [-0.25, -0.2) is 0 Å². The van der Waals surface area contributed by atoms with Crippen molar-refractivity contribution in [1.82, 2.24) is 0 Å². The summed E-state index contributed by atoms with van der Waals surface area (Å²) >= 11 is 0. The maximum absolute atomic E-state index is 2.65. The smallest absolute Gasteiger partial charge is 0.0539 e. The molecule has 1 heteroatoms. The highest BCUT2D eigenvalue weighted by Gasteiger charge is 2.40. The van der Waals surface area contributed by atoms with E-state index in [1.165, 1.54) is 66.1 Å². The van der Waals surface area contributed by atoms with E-state index in [4.69, 9.17) is 0 Å². The molecule has 0 heterocycles. The number of fused-ring (bicyclic) bond motifs is 6. The fraction of sp³-hybridized carbons (Fsp3) is 0.200. The standard InChI is InChI=1S/C45H39N/c1-45(2)41-24-14-13-20-35(41)40-29-33(25-26-42(40)45)46(32-17-7-4-8-18-32)43-28-31-27-39(30-15-5-3-6-16-30)34-19-9-11-22-37(34)44(31)38-23-12-10-21-36(38)43/h3-7,9-12,14-17,19,21-24,27-29H,8,13,18,20,25-26H2,1-2H3. The molecule has 0 spiro atoms. The molecule has 1 nitrogen and oxygen atoms in total. The predicted octanol–water partition coefficient (Wildman–Crippen LogP) is 12.5. The van der Waals surface area contributed by atoms with E-state index in [9.17, 15) is 0 Å². The Morgan fingerprint density at radius 2 is 1.37 bits per heavy atom. The van der Waals surface area contributed by atoms with Gasteiger partial charge >= 0.3 is 0 Å². The minimum atomic E-state index is 0.117. The molecule has 0 radical (unpaired) electrons. The van der Waals surface area contributed by atoms with Crippen molar-refractivity contribution >= 4 is 38.0 Å². The Labute approximate surface area is 272 Å². The van der Waals surface area contributed by atoms with Gasteiger partial charge in [0.2, 0.25) is 0 Å². The van der Waals surface area contributed by atoms with E-state index < -0.39 is 0 Å². The average molecular weight is 594 g/mol. The van der Waals surface area contributed by atoms with E-state index in [1.54, 1.807) is 16.7 Å². The van der Waals surface area contributed by atoms with Gasteiger partial charge in [-0.1, -0.05) is 123 Å². The molecule has 0 fully saturated rings. The molecule has 9 rings (SSSR count). The third kappa shape index (κ3) is 4.14. The number of hydrogen-bond acceptors (Lipinski definition) is 1. The summed E-state index contributed by atoms with van der Waals surface area (Å²) < 4.78 is 0. The van der Waals surface area contributed by atoms with E-state index in [2.05, 4.69) is 146 Å². The van der Waals surface area contributed by atoms with Crippen molar-refractivity contribution in [2.24, 2.45) is 5.41 Å². The van der Waals surface area contributed by atoms with Crippen LogP contribution in [0.15, 0.2) is 161 Å². The molecular formula is C45H39N. The summed E-state index contributed by atoms with van der Waals surface area (Å²) in [6, 6.07) is 33.9. The molecule has 0 aliphatic heterocycles. The van der Waals surface area contributed by atoms with Crippen LogP contribution >= 0.6 is 0 Å². The normalized spacial score (nSPS) is 18.7. The summed E-state index contributed by atoms with van der Waals surface area (Å²) in [4.78, 5) is 2.65. The third-order valence-corrected chi connectivity index (χ3v) is 10.9. The van der Waals surface area contributed by atoms with Crippen LogP contribution in [-0.2, 0) is 0 Å². The number of rotatable bonds is 4. The molecule has 0 saturated heterocycles. The van der Waals surface area contributed by atoms with Gasteiger partial charge in [-0.15, -0.1) is 0 Å². The first-order chi connectivity index (χ1) is 22.6. The second kappa shape index (κ2) is 10.6. The molecule has 4 aliphatic rings. The lowest BCUT2D eigenvalue weighted by molar-refractivity contribution is 0.529. The zero-order valence-electron chi connectivity index (χ0n) is 26.8. The molecule has 0 saturated carbocycles. The Bertz CT molecular complexity index is 2260. The Morgan fingerprint density at radius 1 is 0.652 bits per heavy atom. The molecule has 224 valence electrons. The van der Waals surface area contributed by atoms with Crippen molar-refractivity contribution in [3.63, 3.8) is 0 Å². The first-order valence-corrected chi connectivity index (χ1v) is 17.0.